The highest BCUT2D eigenvalue weighted by Crippen LogP contribution is 2.32. The first kappa shape index (κ1) is 11.5. The molecule has 90 valence electrons. The van der Waals surface area contributed by atoms with Gasteiger partial charge in [0.25, 0.3) is 6.01 Å². The fraction of sp³-hybridized carbons (Fsp3) is 0.308. The van der Waals surface area contributed by atoms with Crippen LogP contribution in [-0.4, -0.2) is 12.1 Å². The van der Waals surface area contributed by atoms with Gasteiger partial charge in [0.2, 0.25) is 0 Å². The molecule has 0 spiro atoms. The minimum atomic E-state index is 0.199. The topological polar surface area (TPSA) is 61.3 Å². The van der Waals surface area contributed by atoms with E-state index in [-0.39, 0.29) is 6.01 Å². The first-order chi connectivity index (χ1) is 8.02. The second-order valence-corrected chi connectivity index (χ2v) is 4.10. The van der Waals surface area contributed by atoms with Gasteiger partial charge in [-0.2, -0.15) is 4.98 Å². The van der Waals surface area contributed by atoms with Crippen LogP contribution in [0, 0.1) is 20.8 Å². The third-order valence-corrected chi connectivity index (χ3v) is 2.80. The van der Waals surface area contributed by atoms with Crippen molar-refractivity contribution >= 4 is 6.01 Å². The van der Waals surface area contributed by atoms with Gasteiger partial charge >= 0.3 is 0 Å². The van der Waals surface area contributed by atoms with E-state index in [4.69, 9.17) is 14.9 Å². The Morgan fingerprint density at radius 3 is 2.41 bits per heavy atom. The van der Waals surface area contributed by atoms with Crippen molar-refractivity contribution in [1.29, 1.82) is 0 Å². The lowest BCUT2D eigenvalue weighted by atomic mass is 10.0. The van der Waals surface area contributed by atoms with Crippen molar-refractivity contribution < 1.29 is 9.15 Å². The van der Waals surface area contributed by atoms with Gasteiger partial charge < -0.3 is 14.9 Å². The molecule has 0 saturated heterocycles. The van der Waals surface area contributed by atoms with E-state index in [9.17, 15) is 0 Å². The molecular formula is C13H16N2O2. The molecule has 2 rings (SSSR count). The number of methoxy groups -OCH3 is 1. The summed E-state index contributed by atoms with van der Waals surface area (Å²) in [4.78, 5) is 4.08. The SMILES string of the molecule is COc1cc(C)c(-c2oc(N)nc2C)cc1C. The van der Waals surface area contributed by atoms with E-state index in [0.29, 0.717) is 0 Å². The zero-order chi connectivity index (χ0) is 12.6. The molecule has 0 aliphatic heterocycles. The standard InChI is InChI=1S/C13H16N2O2/c1-7-6-11(16-4)8(2)5-10(7)12-9(3)15-13(14)17-12/h5-6H,1-4H3,(H2,14,15). The van der Waals surface area contributed by atoms with Crippen LogP contribution in [0.25, 0.3) is 11.3 Å². The number of nitrogens with two attached hydrogens (primary N) is 1. The largest absolute Gasteiger partial charge is 0.496 e. The predicted octanol–water partition coefficient (Wildman–Crippen LogP) is 2.86. The number of nitrogen functional groups attached to an aromatic ring is 1. The Morgan fingerprint density at radius 1 is 1.18 bits per heavy atom. The van der Waals surface area contributed by atoms with E-state index < -0.39 is 0 Å². The Labute approximate surface area is 100 Å². The first-order valence-corrected chi connectivity index (χ1v) is 5.41. The van der Waals surface area contributed by atoms with Crippen molar-refractivity contribution in [2.24, 2.45) is 0 Å². The smallest absolute Gasteiger partial charge is 0.292 e. The molecule has 4 nitrogen and oxygen atoms in total. The number of oxazole rings is 1. The van der Waals surface area contributed by atoms with Crippen LogP contribution < -0.4 is 10.5 Å². The zero-order valence-corrected chi connectivity index (χ0v) is 10.5. The molecule has 0 amide bonds. The molecule has 1 aromatic carbocycles. The number of hydrogen-bond acceptors (Lipinski definition) is 4. The maximum atomic E-state index is 5.56. The average molecular weight is 232 g/mol. The first-order valence-electron chi connectivity index (χ1n) is 5.41. The molecule has 0 fully saturated rings. The second-order valence-electron chi connectivity index (χ2n) is 4.10. The minimum Gasteiger partial charge on any atom is -0.496 e. The average Bonchev–Trinajstić information content (AvgIpc) is 2.60. The molecule has 0 atom stereocenters. The van der Waals surface area contributed by atoms with Crippen LogP contribution in [0.2, 0.25) is 0 Å². The Hall–Kier alpha value is -1.97. The molecule has 2 aromatic rings. The van der Waals surface area contributed by atoms with Crippen LogP contribution in [0.15, 0.2) is 16.5 Å². The van der Waals surface area contributed by atoms with Gasteiger partial charge in [-0.3, -0.25) is 0 Å². The summed E-state index contributed by atoms with van der Waals surface area (Å²) in [5.74, 6) is 1.60. The van der Waals surface area contributed by atoms with Gasteiger partial charge in [-0.25, -0.2) is 0 Å². The van der Waals surface area contributed by atoms with Crippen LogP contribution in [-0.2, 0) is 0 Å². The fourth-order valence-electron chi connectivity index (χ4n) is 1.92. The predicted molar refractivity (Wildman–Crippen MR) is 67.1 cm³/mol. The van der Waals surface area contributed by atoms with Gasteiger partial charge in [-0.15, -0.1) is 0 Å². The Bertz CT molecular complexity index is 559. The third kappa shape index (κ3) is 1.98. The van der Waals surface area contributed by atoms with E-state index in [1.165, 1.54) is 0 Å². The lowest BCUT2D eigenvalue weighted by Crippen LogP contribution is -1.91. The van der Waals surface area contributed by atoms with Crippen molar-refractivity contribution in [2.45, 2.75) is 20.8 Å². The van der Waals surface area contributed by atoms with E-state index in [1.807, 2.05) is 32.9 Å². The van der Waals surface area contributed by atoms with E-state index in [2.05, 4.69) is 4.98 Å². The number of anilines is 1. The molecule has 0 unspecified atom stereocenters. The van der Waals surface area contributed by atoms with Gasteiger partial charge in [-0.1, -0.05) is 0 Å². The number of benzene rings is 1. The quantitative estimate of drug-likeness (QED) is 0.864. The van der Waals surface area contributed by atoms with Crippen molar-refractivity contribution in [3.63, 3.8) is 0 Å². The van der Waals surface area contributed by atoms with E-state index in [0.717, 1.165) is 33.9 Å². The van der Waals surface area contributed by atoms with Gasteiger partial charge in [-0.05, 0) is 44.0 Å². The van der Waals surface area contributed by atoms with Crippen molar-refractivity contribution in [1.82, 2.24) is 4.98 Å². The molecule has 0 aliphatic rings. The van der Waals surface area contributed by atoms with Crippen molar-refractivity contribution in [2.75, 3.05) is 12.8 Å². The van der Waals surface area contributed by atoms with Gasteiger partial charge in [0.05, 0.1) is 12.8 Å². The summed E-state index contributed by atoms with van der Waals surface area (Å²) < 4.78 is 10.7. The monoisotopic (exact) mass is 232 g/mol. The third-order valence-electron chi connectivity index (χ3n) is 2.80. The molecule has 1 heterocycles. The summed E-state index contributed by atoms with van der Waals surface area (Å²) in [5.41, 5.74) is 9.50. The Balaban J connectivity index is 2.60. The summed E-state index contributed by atoms with van der Waals surface area (Å²) in [6.07, 6.45) is 0. The molecule has 0 bridgehead atoms. The highest BCUT2D eigenvalue weighted by molar-refractivity contribution is 5.67. The summed E-state index contributed by atoms with van der Waals surface area (Å²) in [5, 5.41) is 0. The number of ether oxygens (including phenoxy) is 1. The second kappa shape index (κ2) is 4.13. The Morgan fingerprint density at radius 2 is 1.88 bits per heavy atom. The van der Waals surface area contributed by atoms with Crippen LogP contribution >= 0.6 is 0 Å². The summed E-state index contributed by atoms with van der Waals surface area (Å²) in [6, 6.07) is 4.22. The molecule has 4 heteroatoms. The van der Waals surface area contributed by atoms with Crippen molar-refractivity contribution in [3.05, 3.63) is 29.0 Å². The van der Waals surface area contributed by atoms with Gasteiger partial charge in [0, 0.05) is 5.56 Å². The van der Waals surface area contributed by atoms with Crippen LogP contribution in [0.1, 0.15) is 16.8 Å². The molecular weight excluding hydrogens is 216 g/mol. The van der Waals surface area contributed by atoms with Crippen LogP contribution in [0.3, 0.4) is 0 Å². The molecule has 17 heavy (non-hydrogen) atoms. The lowest BCUT2D eigenvalue weighted by Gasteiger charge is -2.09. The highest BCUT2D eigenvalue weighted by atomic mass is 16.5. The lowest BCUT2D eigenvalue weighted by molar-refractivity contribution is 0.411. The maximum absolute atomic E-state index is 5.56. The fourth-order valence-corrected chi connectivity index (χ4v) is 1.92. The number of rotatable bonds is 2. The van der Waals surface area contributed by atoms with Crippen molar-refractivity contribution in [3.8, 4) is 17.1 Å². The zero-order valence-electron chi connectivity index (χ0n) is 10.5. The number of nitrogens with zero attached hydrogens (tertiary/aromatic N) is 1. The molecule has 0 radical (unpaired) electrons. The minimum absolute atomic E-state index is 0.199. The van der Waals surface area contributed by atoms with E-state index in [1.54, 1.807) is 7.11 Å². The van der Waals surface area contributed by atoms with E-state index >= 15 is 0 Å². The molecule has 1 aromatic heterocycles. The number of aromatic nitrogens is 1. The van der Waals surface area contributed by atoms with Crippen LogP contribution in [0.4, 0.5) is 6.01 Å². The molecule has 0 saturated carbocycles. The van der Waals surface area contributed by atoms with Gasteiger partial charge in [0.15, 0.2) is 5.76 Å². The number of hydrogen-bond donors (Lipinski definition) is 1. The molecule has 2 N–H and O–H groups in total. The summed E-state index contributed by atoms with van der Waals surface area (Å²) in [7, 11) is 1.67. The number of aryl methyl sites for hydroxylation is 3. The Kier molecular flexibility index (Phi) is 2.79. The summed E-state index contributed by atoms with van der Waals surface area (Å²) in [6.45, 7) is 5.89. The maximum Gasteiger partial charge on any atom is 0.292 e. The summed E-state index contributed by atoms with van der Waals surface area (Å²) >= 11 is 0. The van der Waals surface area contributed by atoms with Gasteiger partial charge in [0.1, 0.15) is 5.75 Å². The highest BCUT2D eigenvalue weighted by Gasteiger charge is 2.14. The molecule has 0 aliphatic carbocycles. The normalized spacial score (nSPS) is 10.6. The van der Waals surface area contributed by atoms with Crippen LogP contribution in [0.5, 0.6) is 5.75 Å².